The van der Waals surface area contributed by atoms with Gasteiger partial charge in [0.15, 0.2) is 0 Å². The molecule has 0 aromatic rings. The van der Waals surface area contributed by atoms with Crippen LogP contribution in [0.4, 0.5) is 0 Å². The van der Waals surface area contributed by atoms with Crippen LogP contribution in [0, 0.1) is 17.2 Å². The molecular formula is C6H9NO2. The number of esters is 1. The first kappa shape index (κ1) is 7.96. The number of nitrogens with zero attached hydrogens (tertiary/aromatic N) is 1. The zero-order valence-electron chi connectivity index (χ0n) is 5.55. The topological polar surface area (TPSA) is 50.1 Å². The number of carbonyl (C=O) groups excluding carboxylic acids is 1. The lowest BCUT2D eigenvalue weighted by atomic mass is 10.2. The number of hydrogen-bond acceptors (Lipinski definition) is 3. The molecule has 0 fully saturated rings. The monoisotopic (exact) mass is 127 g/mol. The zero-order chi connectivity index (χ0) is 7.28. The van der Waals surface area contributed by atoms with Crippen LogP contribution in [0.3, 0.4) is 0 Å². The van der Waals surface area contributed by atoms with E-state index in [1.165, 1.54) is 6.92 Å². The van der Waals surface area contributed by atoms with Gasteiger partial charge in [-0.05, 0) is 13.8 Å². The second-order valence-electron chi connectivity index (χ2n) is 1.60. The van der Waals surface area contributed by atoms with Crippen LogP contribution >= 0.6 is 0 Å². The van der Waals surface area contributed by atoms with E-state index in [0.717, 1.165) is 0 Å². The minimum Gasteiger partial charge on any atom is -0.465 e. The summed E-state index contributed by atoms with van der Waals surface area (Å²) in [6.07, 6.45) is 0. The second kappa shape index (κ2) is 3.90. The Kier molecular flexibility index (Phi) is 3.45. The molecular weight excluding hydrogens is 118 g/mol. The third-order valence-electron chi connectivity index (χ3n) is 0.834. The summed E-state index contributed by atoms with van der Waals surface area (Å²) in [6.45, 7) is 3.56. The maximum atomic E-state index is 10.5. The maximum Gasteiger partial charge on any atom is 0.323 e. The van der Waals surface area contributed by atoms with Crippen molar-refractivity contribution in [1.29, 1.82) is 5.26 Å². The van der Waals surface area contributed by atoms with E-state index in [2.05, 4.69) is 4.74 Å². The van der Waals surface area contributed by atoms with Gasteiger partial charge in [0.2, 0.25) is 0 Å². The fourth-order valence-electron chi connectivity index (χ4n) is 0.320. The molecule has 0 saturated carbocycles. The van der Waals surface area contributed by atoms with Crippen molar-refractivity contribution in [3.63, 3.8) is 0 Å². The summed E-state index contributed by atoms with van der Waals surface area (Å²) in [5.41, 5.74) is 0. The van der Waals surface area contributed by atoms with Crippen molar-refractivity contribution in [3.8, 4) is 6.07 Å². The third kappa shape index (κ3) is 2.70. The molecule has 0 unspecified atom stereocenters. The van der Waals surface area contributed by atoms with Gasteiger partial charge in [0.05, 0.1) is 12.7 Å². The van der Waals surface area contributed by atoms with E-state index in [-0.39, 0.29) is 0 Å². The highest BCUT2D eigenvalue weighted by Crippen LogP contribution is 1.94. The second-order valence-corrected chi connectivity index (χ2v) is 1.60. The van der Waals surface area contributed by atoms with E-state index >= 15 is 0 Å². The van der Waals surface area contributed by atoms with Crippen LogP contribution < -0.4 is 0 Å². The standard InChI is InChI=1S/C6H9NO2/c1-3-9-6(8)5(2)4-7/h5H,3H2,1-2H3/t5-/m0/s1. The van der Waals surface area contributed by atoms with Gasteiger partial charge < -0.3 is 4.74 Å². The largest absolute Gasteiger partial charge is 0.465 e. The van der Waals surface area contributed by atoms with Gasteiger partial charge >= 0.3 is 5.97 Å². The molecule has 0 bridgehead atoms. The van der Waals surface area contributed by atoms with E-state index in [9.17, 15) is 4.79 Å². The predicted molar refractivity (Wildman–Crippen MR) is 31.4 cm³/mol. The smallest absolute Gasteiger partial charge is 0.323 e. The average molecular weight is 127 g/mol. The summed E-state index contributed by atoms with van der Waals surface area (Å²) in [7, 11) is 0. The van der Waals surface area contributed by atoms with Crippen molar-refractivity contribution in [2.24, 2.45) is 5.92 Å². The summed E-state index contributed by atoms with van der Waals surface area (Å²) in [4.78, 5) is 10.5. The highest BCUT2D eigenvalue weighted by molar-refractivity contribution is 5.74. The number of hydrogen-bond donors (Lipinski definition) is 0. The first-order valence-corrected chi connectivity index (χ1v) is 2.78. The molecule has 0 aliphatic heterocycles. The van der Waals surface area contributed by atoms with Crippen LogP contribution in [0.5, 0.6) is 0 Å². The molecule has 0 N–H and O–H groups in total. The quantitative estimate of drug-likeness (QED) is 0.513. The normalized spacial score (nSPS) is 11.7. The van der Waals surface area contributed by atoms with E-state index in [1.807, 2.05) is 0 Å². The summed E-state index contributed by atoms with van der Waals surface area (Å²) >= 11 is 0. The lowest BCUT2D eigenvalue weighted by molar-refractivity contribution is -0.145. The molecule has 0 rings (SSSR count). The van der Waals surface area contributed by atoms with Gasteiger partial charge in [-0.25, -0.2) is 0 Å². The summed E-state index contributed by atoms with van der Waals surface area (Å²) < 4.78 is 4.53. The van der Waals surface area contributed by atoms with Crippen molar-refractivity contribution < 1.29 is 9.53 Å². The molecule has 0 aliphatic carbocycles. The van der Waals surface area contributed by atoms with Gasteiger partial charge in [-0.2, -0.15) is 5.26 Å². The molecule has 3 nitrogen and oxygen atoms in total. The first-order valence-electron chi connectivity index (χ1n) is 2.78. The highest BCUT2D eigenvalue weighted by Gasteiger charge is 2.10. The molecule has 50 valence electrons. The minimum atomic E-state index is -0.634. The summed E-state index contributed by atoms with van der Waals surface area (Å²) in [5.74, 6) is -1.08. The lowest BCUT2D eigenvalue weighted by Crippen LogP contribution is -2.12. The van der Waals surface area contributed by atoms with Gasteiger partial charge in [-0.3, -0.25) is 4.79 Å². The third-order valence-corrected chi connectivity index (χ3v) is 0.834. The highest BCUT2D eigenvalue weighted by atomic mass is 16.5. The molecule has 0 saturated heterocycles. The van der Waals surface area contributed by atoms with E-state index in [0.29, 0.717) is 6.61 Å². The molecule has 0 aromatic carbocycles. The Morgan fingerprint density at radius 1 is 1.89 bits per heavy atom. The van der Waals surface area contributed by atoms with E-state index in [1.54, 1.807) is 13.0 Å². The Labute approximate surface area is 54.2 Å². The number of carbonyl (C=O) groups is 1. The van der Waals surface area contributed by atoms with E-state index < -0.39 is 11.9 Å². The van der Waals surface area contributed by atoms with Crippen molar-refractivity contribution in [3.05, 3.63) is 0 Å². The van der Waals surface area contributed by atoms with Crippen LogP contribution in [-0.4, -0.2) is 12.6 Å². The van der Waals surface area contributed by atoms with Gasteiger partial charge in [0.1, 0.15) is 5.92 Å². The Bertz CT molecular complexity index is 136. The lowest BCUT2D eigenvalue weighted by Gasteiger charge is -1.99. The Morgan fingerprint density at radius 3 is 2.78 bits per heavy atom. The van der Waals surface area contributed by atoms with Crippen molar-refractivity contribution >= 4 is 5.97 Å². The van der Waals surface area contributed by atoms with Crippen LogP contribution in [0.2, 0.25) is 0 Å². The van der Waals surface area contributed by atoms with Gasteiger partial charge in [-0.1, -0.05) is 0 Å². The van der Waals surface area contributed by atoms with E-state index in [4.69, 9.17) is 5.26 Å². The Hall–Kier alpha value is -1.04. The van der Waals surface area contributed by atoms with Gasteiger partial charge in [0.25, 0.3) is 0 Å². The zero-order valence-corrected chi connectivity index (χ0v) is 5.55. The summed E-state index contributed by atoms with van der Waals surface area (Å²) in [5, 5.41) is 8.18. The van der Waals surface area contributed by atoms with Gasteiger partial charge in [-0.15, -0.1) is 0 Å². The Morgan fingerprint density at radius 2 is 2.44 bits per heavy atom. The molecule has 0 aromatic heterocycles. The maximum absolute atomic E-state index is 10.5. The van der Waals surface area contributed by atoms with Crippen LogP contribution in [0.1, 0.15) is 13.8 Å². The minimum absolute atomic E-state index is 0.338. The fourth-order valence-corrected chi connectivity index (χ4v) is 0.320. The Balaban J connectivity index is 3.63. The number of nitriles is 1. The first-order chi connectivity index (χ1) is 4.22. The number of ether oxygens (including phenoxy) is 1. The van der Waals surface area contributed by atoms with Gasteiger partial charge in [0, 0.05) is 0 Å². The molecule has 0 spiro atoms. The molecule has 0 radical (unpaired) electrons. The SMILES string of the molecule is CCOC(=O)[C@@H](C)C#N. The molecule has 0 amide bonds. The predicted octanol–water partition coefficient (Wildman–Crippen LogP) is 0.709. The molecule has 0 heterocycles. The molecule has 3 heteroatoms. The van der Waals surface area contributed by atoms with Crippen molar-refractivity contribution in [2.75, 3.05) is 6.61 Å². The molecule has 0 aliphatic rings. The number of rotatable bonds is 2. The fraction of sp³-hybridized carbons (Fsp3) is 0.667. The summed E-state index contributed by atoms with van der Waals surface area (Å²) in [6, 6.07) is 1.77. The van der Waals surface area contributed by atoms with Crippen molar-refractivity contribution in [2.45, 2.75) is 13.8 Å². The van der Waals surface area contributed by atoms with Crippen LogP contribution in [0.15, 0.2) is 0 Å². The molecule has 9 heavy (non-hydrogen) atoms. The van der Waals surface area contributed by atoms with Crippen LogP contribution in [-0.2, 0) is 9.53 Å². The van der Waals surface area contributed by atoms with Crippen molar-refractivity contribution in [1.82, 2.24) is 0 Å². The average Bonchev–Trinajstić information content (AvgIpc) is 1.87. The molecule has 1 atom stereocenters. The van der Waals surface area contributed by atoms with Crippen LogP contribution in [0.25, 0.3) is 0 Å².